The summed E-state index contributed by atoms with van der Waals surface area (Å²) < 4.78 is 21.4. The lowest BCUT2D eigenvalue weighted by Crippen LogP contribution is -2.61. The molecule has 4 unspecified atom stereocenters. The first-order valence-electron chi connectivity index (χ1n) is 4.23. The molecule has 4 atom stereocenters. The number of methoxy groups -OCH3 is 2. The van der Waals surface area contributed by atoms with E-state index in [1.165, 1.54) is 0 Å². The highest BCUT2D eigenvalue weighted by Gasteiger charge is 2.62. The molecule has 0 bridgehead atoms. The van der Waals surface area contributed by atoms with E-state index in [-0.39, 0.29) is 23.2 Å². The highest BCUT2D eigenvalue weighted by Crippen LogP contribution is 2.43. The molecule has 4 nitrogen and oxygen atoms in total. The maximum atomic E-state index is 5.68. The van der Waals surface area contributed by atoms with Crippen LogP contribution in [0.15, 0.2) is 0 Å². The zero-order valence-corrected chi connectivity index (χ0v) is 8.62. The van der Waals surface area contributed by atoms with Crippen molar-refractivity contribution in [2.75, 3.05) is 27.4 Å². The molecule has 0 amide bonds. The summed E-state index contributed by atoms with van der Waals surface area (Å²) in [5, 5.41) is 0. The molecule has 2 aliphatic heterocycles. The topological polar surface area (TPSA) is 36.9 Å². The number of hydrogen-bond donors (Lipinski definition) is 1. The Balaban J connectivity index is 2.08. The van der Waals surface area contributed by atoms with E-state index in [0.717, 1.165) is 0 Å². The number of fused-ring (bicyclic) bond motifs is 1. The molecule has 2 fully saturated rings. The molecule has 13 heavy (non-hydrogen) atoms. The monoisotopic (exact) mass is 206 g/mol. The molecule has 5 heteroatoms. The van der Waals surface area contributed by atoms with Crippen molar-refractivity contribution in [1.29, 1.82) is 0 Å². The third-order valence-electron chi connectivity index (χ3n) is 2.62. The van der Waals surface area contributed by atoms with Crippen LogP contribution in [-0.2, 0) is 18.9 Å². The molecule has 0 aromatic carbocycles. The second-order valence-electron chi connectivity index (χ2n) is 3.44. The predicted octanol–water partition coefficient (Wildman–Crippen LogP) is 0.0715. The van der Waals surface area contributed by atoms with E-state index < -0.39 is 0 Å². The summed E-state index contributed by atoms with van der Waals surface area (Å²) in [6.07, 6.45) is -0.118. The molecule has 0 aromatic rings. The Morgan fingerprint density at radius 1 is 1.54 bits per heavy atom. The maximum absolute atomic E-state index is 5.68. The Hall–Kier alpha value is 0.190. The van der Waals surface area contributed by atoms with Gasteiger partial charge in [0.25, 0.3) is 0 Å². The number of hydrogen-bond acceptors (Lipinski definition) is 5. The zero-order chi connectivity index (χ0) is 9.47. The van der Waals surface area contributed by atoms with E-state index >= 15 is 0 Å². The molecular weight excluding hydrogens is 192 g/mol. The molecule has 2 rings (SSSR count). The molecule has 0 radical (unpaired) electrons. The number of ether oxygens (including phenoxy) is 4. The van der Waals surface area contributed by atoms with Gasteiger partial charge in [-0.1, -0.05) is 0 Å². The lowest BCUT2D eigenvalue weighted by Gasteiger charge is -2.43. The summed E-state index contributed by atoms with van der Waals surface area (Å²) >= 11 is 4.29. The van der Waals surface area contributed by atoms with Crippen LogP contribution in [-0.4, -0.2) is 50.7 Å². The van der Waals surface area contributed by atoms with Crippen LogP contribution >= 0.6 is 12.6 Å². The average molecular weight is 206 g/mol. The Morgan fingerprint density at radius 2 is 2.31 bits per heavy atom. The normalized spacial score (nSPS) is 48.7. The molecule has 2 aliphatic rings. The summed E-state index contributed by atoms with van der Waals surface area (Å²) in [7, 11) is 3.29. The van der Waals surface area contributed by atoms with Gasteiger partial charge in [-0.15, -0.1) is 12.6 Å². The van der Waals surface area contributed by atoms with E-state index in [9.17, 15) is 0 Å². The Bertz CT molecular complexity index is 201. The minimum absolute atomic E-state index is 0.0278. The first kappa shape index (κ1) is 9.73. The molecule has 0 saturated carbocycles. The summed E-state index contributed by atoms with van der Waals surface area (Å²) in [5.41, 5.74) is -0.533. The zero-order valence-electron chi connectivity index (χ0n) is 7.73. The van der Waals surface area contributed by atoms with E-state index in [1.54, 1.807) is 14.2 Å². The van der Waals surface area contributed by atoms with Gasteiger partial charge in [0.1, 0.15) is 23.2 Å². The van der Waals surface area contributed by atoms with Gasteiger partial charge in [0.15, 0.2) is 0 Å². The van der Waals surface area contributed by atoms with Crippen molar-refractivity contribution < 1.29 is 18.9 Å². The second kappa shape index (κ2) is 3.40. The van der Waals surface area contributed by atoms with Crippen LogP contribution in [0.4, 0.5) is 0 Å². The molecule has 76 valence electrons. The Kier molecular flexibility index (Phi) is 2.55. The lowest BCUT2D eigenvalue weighted by atomic mass is 9.92. The molecule has 0 N–H and O–H groups in total. The minimum Gasteiger partial charge on any atom is -0.381 e. The molecule has 0 aliphatic carbocycles. The van der Waals surface area contributed by atoms with Crippen molar-refractivity contribution in [2.24, 2.45) is 0 Å². The first-order chi connectivity index (χ1) is 6.23. The third-order valence-corrected chi connectivity index (χ3v) is 3.02. The van der Waals surface area contributed by atoms with Crippen LogP contribution in [0.3, 0.4) is 0 Å². The van der Waals surface area contributed by atoms with Crippen molar-refractivity contribution >= 4 is 12.6 Å². The Morgan fingerprint density at radius 3 is 2.77 bits per heavy atom. The molecule has 2 heterocycles. The van der Waals surface area contributed by atoms with Crippen molar-refractivity contribution in [3.63, 3.8) is 0 Å². The van der Waals surface area contributed by atoms with Gasteiger partial charge in [-0.05, 0) is 0 Å². The van der Waals surface area contributed by atoms with Crippen LogP contribution in [0.5, 0.6) is 0 Å². The van der Waals surface area contributed by atoms with E-state index in [2.05, 4.69) is 12.6 Å². The fourth-order valence-corrected chi connectivity index (χ4v) is 2.45. The van der Waals surface area contributed by atoms with Gasteiger partial charge in [-0.2, -0.15) is 0 Å². The van der Waals surface area contributed by atoms with Crippen LogP contribution in [0.25, 0.3) is 0 Å². The number of thiol groups is 1. The highest BCUT2D eigenvalue weighted by molar-refractivity contribution is 7.80. The minimum atomic E-state index is -0.318. The molecular formula is C8H14O4S. The largest absolute Gasteiger partial charge is 0.381 e. The van der Waals surface area contributed by atoms with Crippen LogP contribution in [0.2, 0.25) is 0 Å². The van der Waals surface area contributed by atoms with Gasteiger partial charge in [-0.3, -0.25) is 0 Å². The van der Waals surface area contributed by atoms with Crippen molar-refractivity contribution in [2.45, 2.75) is 23.2 Å². The Labute approximate surface area is 82.9 Å². The smallest absolute Gasteiger partial charge is 0.145 e. The van der Waals surface area contributed by atoms with E-state index in [4.69, 9.17) is 18.9 Å². The van der Waals surface area contributed by atoms with Gasteiger partial charge in [0, 0.05) is 14.2 Å². The van der Waals surface area contributed by atoms with Crippen molar-refractivity contribution in [3.05, 3.63) is 0 Å². The SMILES string of the molecule is COCC12COC1C(OC)C(S)O2. The van der Waals surface area contributed by atoms with Gasteiger partial charge >= 0.3 is 0 Å². The van der Waals surface area contributed by atoms with E-state index in [1.807, 2.05) is 0 Å². The quantitative estimate of drug-likeness (QED) is 0.663. The second-order valence-corrected chi connectivity index (χ2v) is 3.95. The van der Waals surface area contributed by atoms with E-state index in [0.29, 0.717) is 13.2 Å². The standard InChI is InChI=1S/C8H14O4S/c1-9-3-8-4-11-6(8)5(10-2)7(13)12-8/h5-7,13H,3-4H2,1-2H3. The van der Waals surface area contributed by atoms with Crippen molar-refractivity contribution in [1.82, 2.24) is 0 Å². The van der Waals surface area contributed by atoms with Gasteiger partial charge in [0.2, 0.25) is 0 Å². The lowest BCUT2D eigenvalue weighted by molar-refractivity contribution is -0.243. The molecule has 2 saturated heterocycles. The summed E-state index contributed by atoms with van der Waals surface area (Å²) in [6.45, 7) is 1.11. The van der Waals surface area contributed by atoms with Gasteiger partial charge < -0.3 is 18.9 Å². The maximum Gasteiger partial charge on any atom is 0.145 e. The summed E-state index contributed by atoms with van der Waals surface area (Å²) in [6, 6.07) is 0. The highest BCUT2D eigenvalue weighted by atomic mass is 32.1. The fraction of sp³-hybridized carbons (Fsp3) is 1.00. The van der Waals surface area contributed by atoms with Crippen LogP contribution in [0.1, 0.15) is 0 Å². The fourth-order valence-electron chi connectivity index (χ4n) is 1.96. The summed E-state index contributed by atoms with van der Waals surface area (Å²) in [5.74, 6) is 0. The van der Waals surface area contributed by atoms with Crippen molar-refractivity contribution in [3.8, 4) is 0 Å². The molecule has 0 aromatic heterocycles. The third kappa shape index (κ3) is 1.30. The van der Waals surface area contributed by atoms with Crippen LogP contribution < -0.4 is 0 Å². The molecule has 0 spiro atoms. The van der Waals surface area contributed by atoms with Gasteiger partial charge in [-0.25, -0.2) is 0 Å². The predicted molar refractivity (Wildman–Crippen MR) is 49.0 cm³/mol. The number of rotatable bonds is 3. The first-order valence-corrected chi connectivity index (χ1v) is 4.74. The van der Waals surface area contributed by atoms with Crippen LogP contribution in [0, 0.1) is 0 Å². The summed E-state index contributed by atoms with van der Waals surface area (Å²) in [4.78, 5) is 0. The van der Waals surface area contributed by atoms with Gasteiger partial charge in [0.05, 0.1) is 13.2 Å². The average Bonchev–Trinajstić information content (AvgIpc) is 2.26.